The predicted octanol–water partition coefficient (Wildman–Crippen LogP) is 3.05. The van der Waals surface area contributed by atoms with Gasteiger partial charge in [-0.3, -0.25) is 4.79 Å². The lowest BCUT2D eigenvalue weighted by atomic mass is 9.96. The molecule has 0 radical (unpaired) electrons. The van der Waals surface area contributed by atoms with Crippen molar-refractivity contribution in [1.82, 2.24) is 0 Å². The van der Waals surface area contributed by atoms with Crippen LogP contribution in [0.25, 0.3) is 0 Å². The zero-order valence-electron chi connectivity index (χ0n) is 9.48. The van der Waals surface area contributed by atoms with Crippen molar-refractivity contribution in [3.05, 3.63) is 35.4 Å². The lowest BCUT2D eigenvalue weighted by molar-refractivity contribution is -0.136. The number of hydrogen-bond acceptors (Lipinski definition) is 1. The molecule has 86 valence electrons. The molecule has 1 aromatic carbocycles. The van der Waals surface area contributed by atoms with Crippen LogP contribution in [-0.2, 0) is 17.6 Å². The van der Waals surface area contributed by atoms with E-state index in [4.69, 9.17) is 5.11 Å². The van der Waals surface area contributed by atoms with Gasteiger partial charge in [0.05, 0.1) is 6.42 Å². The second kappa shape index (κ2) is 5.15. The molecular weight excluding hydrogens is 200 g/mol. The minimum atomic E-state index is -0.752. The number of carbonyl (C=O) groups is 1. The van der Waals surface area contributed by atoms with Gasteiger partial charge in [0, 0.05) is 0 Å². The first kappa shape index (κ1) is 11.2. The second-order valence-electron chi connectivity index (χ2n) is 4.75. The first-order valence-electron chi connectivity index (χ1n) is 6.03. The fourth-order valence-corrected chi connectivity index (χ4v) is 2.59. The molecule has 0 aromatic heterocycles. The summed E-state index contributed by atoms with van der Waals surface area (Å²) in [7, 11) is 0. The van der Waals surface area contributed by atoms with E-state index in [1.165, 1.54) is 31.2 Å². The van der Waals surface area contributed by atoms with Crippen LogP contribution in [0.2, 0.25) is 0 Å². The molecule has 1 aromatic rings. The highest BCUT2D eigenvalue weighted by atomic mass is 16.4. The molecule has 1 fully saturated rings. The molecule has 0 atom stereocenters. The lowest BCUT2D eigenvalue weighted by Crippen LogP contribution is -2.02. The molecule has 0 saturated heterocycles. The number of benzene rings is 1. The van der Waals surface area contributed by atoms with Crippen molar-refractivity contribution in [1.29, 1.82) is 0 Å². The van der Waals surface area contributed by atoms with Crippen molar-refractivity contribution >= 4 is 5.97 Å². The summed E-state index contributed by atoms with van der Waals surface area (Å²) in [5.74, 6) is 0.0677. The first-order chi connectivity index (χ1) is 7.74. The molecule has 1 aliphatic carbocycles. The molecule has 2 nitrogen and oxygen atoms in total. The van der Waals surface area contributed by atoms with Gasteiger partial charge in [0.25, 0.3) is 0 Å². The largest absolute Gasteiger partial charge is 0.481 e. The van der Waals surface area contributed by atoms with Crippen molar-refractivity contribution in [3.8, 4) is 0 Å². The van der Waals surface area contributed by atoms with Crippen LogP contribution in [0.5, 0.6) is 0 Å². The van der Waals surface area contributed by atoms with E-state index >= 15 is 0 Å². The summed E-state index contributed by atoms with van der Waals surface area (Å²) in [6.45, 7) is 0. The summed E-state index contributed by atoms with van der Waals surface area (Å²) < 4.78 is 0. The highest BCUT2D eigenvalue weighted by Gasteiger charge is 2.15. The van der Waals surface area contributed by atoms with Crippen LogP contribution in [-0.4, -0.2) is 11.1 Å². The third kappa shape index (κ3) is 3.09. The Balaban J connectivity index is 2.00. The highest BCUT2D eigenvalue weighted by molar-refractivity contribution is 5.70. The van der Waals surface area contributed by atoms with Gasteiger partial charge in [-0.2, -0.15) is 0 Å². The molecule has 0 heterocycles. The van der Waals surface area contributed by atoms with Gasteiger partial charge in [-0.1, -0.05) is 49.9 Å². The van der Waals surface area contributed by atoms with Crippen LogP contribution in [0.3, 0.4) is 0 Å². The van der Waals surface area contributed by atoms with E-state index in [1.807, 2.05) is 18.2 Å². The van der Waals surface area contributed by atoms with E-state index in [1.54, 1.807) is 0 Å². The van der Waals surface area contributed by atoms with Crippen LogP contribution < -0.4 is 0 Å². The van der Waals surface area contributed by atoms with Crippen LogP contribution >= 0.6 is 0 Å². The van der Waals surface area contributed by atoms with E-state index in [0.29, 0.717) is 0 Å². The Morgan fingerprint density at radius 1 is 1.25 bits per heavy atom. The number of carboxylic acids is 1. The third-order valence-corrected chi connectivity index (χ3v) is 3.35. The normalized spacial score (nSPS) is 16.5. The Morgan fingerprint density at radius 2 is 1.94 bits per heavy atom. The van der Waals surface area contributed by atoms with Crippen molar-refractivity contribution in [3.63, 3.8) is 0 Å². The number of carboxylic acid groups (broad SMARTS) is 1. The van der Waals surface area contributed by atoms with Crippen LogP contribution in [0.4, 0.5) is 0 Å². The molecular formula is C14H18O2. The van der Waals surface area contributed by atoms with E-state index in [0.717, 1.165) is 17.9 Å². The van der Waals surface area contributed by atoms with Crippen LogP contribution in [0, 0.1) is 5.92 Å². The van der Waals surface area contributed by atoms with Crippen LogP contribution in [0.1, 0.15) is 36.8 Å². The van der Waals surface area contributed by atoms with Gasteiger partial charge < -0.3 is 5.11 Å². The van der Waals surface area contributed by atoms with Crippen molar-refractivity contribution in [2.45, 2.75) is 38.5 Å². The fraction of sp³-hybridized carbons (Fsp3) is 0.500. The average molecular weight is 218 g/mol. The topological polar surface area (TPSA) is 37.3 Å². The minimum absolute atomic E-state index is 0.137. The molecule has 0 bridgehead atoms. The first-order valence-corrected chi connectivity index (χ1v) is 6.03. The van der Waals surface area contributed by atoms with Gasteiger partial charge in [-0.05, 0) is 23.5 Å². The zero-order valence-corrected chi connectivity index (χ0v) is 9.48. The van der Waals surface area contributed by atoms with Gasteiger partial charge in [0.1, 0.15) is 0 Å². The maximum atomic E-state index is 10.6. The quantitative estimate of drug-likeness (QED) is 0.843. The van der Waals surface area contributed by atoms with Gasteiger partial charge in [0.2, 0.25) is 0 Å². The maximum absolute atomic E-state index is 10.6. The molecule has 0 unspecified atom stereocenters. The number of hydrogen-bond donors (Lipinski definition) is 1. The van der Waals surface area contributed by atoms with E-state index in [2.05, 4.69) is 6.07 Å². The van der Waals surface area contributed by atoms with Crippen LogP contribution in [0.15, 0.2) is 24.3 Å². The van der Waals surface area contributed by atoms with Crippen molar-refractivity contribution < 1.29 is 9.90 Å². The summed E-state index contributed by atoms with van der Waals surface area (Å²) in [4.78, 5) is 10.6. The Labute approximate surface area is 96.3 Å². The fourth-order valence-electron chi connectivity index (χ4n) is 2.59. The standard InChI is InChI=1S/C14H18O2/c15-14(16)10-13-7-3-6-12(9-13)8-11-4-1-2-5-11/h3,6-7,9,11H,1-2,4-5,8,10H2,(H,15,16). The molecule has 0 spiro atoms. The summed E-state index contributed by atoms with van der Waals surface area (Å²) in [6.07, 6.45) is 6.65. The zero-order chi connectivity index (χ0) is 11.4. The molecule has 1 N–H and O–H groups in total. The molecule has 1 aliphatic rings. The molecule has 2 rings (SSSR count). The van der Waals surface area contributed by atoms with Crippen molar-refractivity contribution in [2.24, 2.45) is 5.92 Å². The monoisotopic (exact) mass is 218 g/mol. The van der Waals surface area contributed by atoms with E-state index < -0.39 is 5.97 Å². The average Bonchev–Trinajstić information content (AvgIpc) is 2.70. The predicted molar refractivity (Wildman–Crippen MR) is 63.4 cm³/mol. The third-order valence-electron chi connectivity index (χ3n) is 3.35. The maximum Gasteiger partial charge on any atom is 0.307 e. The summed E-state index contributed by atoms with van der Waals surface area (Å²) in [5, 5.41) is 8.74. The summed E-state index contributed by atoms with van der Waals surface area (Å²) >= 11 is 0. The smallest absolute Gasteiger partial charge is 0.307 e. The van der Waals surface area contributed by atoms with E-state index in [-0.39, 0.29) is 6.42 Å². The molecule has 0 amide bonds. The molecule has 1 saturated carbocycles. The molecule has 0 aliphatic heterocycles. The SMILES string of the molecule is O=C(O)Cc1cccc(CC2CCCC2)c1. The number of rotatable bonds is 4. The molecule has 16 heavy (non-hydrogen) atoms. The summed E-state index contributed by atoms with van der Waals surface area (Å²) in [6, 6.07) is 8.03. The van der Waals surface area contributed by atoms with E-state index in [9.17, 15) is 4.79 Å². The number of aliphatic carboxylic acids is 1. The van der Waals surface area contributed by atoms with Crippen molar-refractivity contribution in [2.75, 3.05) is 0 Å². The summed E-state index contributed by atoms with van der Waals surface area (Å²) in [5.41, 5.74) is 2.22. The van der Waals surface area contributed by atoms with Gasteiger partial charge in [-0.25, -0.2) is 0 Å². The molecule has 2 heteroatoms. The van der Waals surface area contributed by atoms with Gasteiger partial charge >= 0.3 is 5.97 Å². The highest BCUT2D eigenvalue weighted by Crippen LogP contribution is 2.28. The van der Waals surface area contributed by atoms with Gasteiger partial charge in [-0.15, -0.1) is 0 Å². The minimum Gasteiger partial charge on any atom is -0.481 e. The second-order valence-corrected chi connectivity index (χ2v) is 4.75. The Kier molecular flexibility index (Phi) is 3.60. The Morgan fingerprint density at radius 3 is 2.62 bits per heavy atom. The lowest BCUT2D eigenvalue weighted by Gasteiger charge is -2.09. The Bertz CT molecular complexity index is 365. The van der Waals surface area contributed by atoms with Gasteiger partial charge in [0.15, 0.2) is 0 Å². The Hall–Kier alpha value is -1.31.